The number of rotatable bonds is 5. The second kappa shape index (κ2) is 7.81. The summed E-state index contributed by atoms with van der Waals surface area (Å²) in [6.07, 6.45) is 2.11. The molecule has 0 spiro atoms. The first-order chi connectivity index (χ1) is 13.5. The van der Waals surface area contributed by atoms with Gasteiger partial charge in [-0.1, -0.05) is 56.4 Å². The van der Waals surface area contributed by atoms with Crippen molar-refractivity contribution in [3.8, 4) is 5.88 Å². The molecule has 0 aliphatic carbocycles. The van der Waals surface area contributed by atoms with Crippen LogP contribution in [0.4, 0.5) is 0 Å². The molecule has 0 radical (unpaired) electrons. The van der Waals surface area contributed by atoms with Crippen molar-refractivity contribution < 1.29 is 15.1 Å². The molecule has 0 amide bonds. The van der Waals surface area contributed by atoms with E-state index in [0.717, 1.165) is 48.0 Å². The number of aromatic hydroxyl groups is 1. The highest BCUT2D eigenvalue weighted by molar-refractivity contribution is 7.17. The molecular formula is C21H29N4O2S+. The molecule has 0 bridgehead atoms. The maximum Gasteiger partial charge on any atom is 0.235 e. The maximum atomic E-state index is 11.0. The zero-order valence-electron chi connectivity index (χ0n) is 16.7. The van der Waals surface area contributed by atoms with E-state index >= 15 is 0 Å². The van der Waals surface area contributed by atoms with Crippen LogP contribution < -0.4 is 4.90 Å². The molecule has 3 aromatic rings. The van der Waals surface area contributed by atoms with E-state index in [1.165, 1.54) is 27.4 Å². The Balaban J connectivity index is 1.76. The largest absolute Gasteiger partial charge is 0.492 e. The highest BCUT2D eigenvalue weighted by Gasteiger charge is 2.35. The number of quaternary nitrogens is 1. The molecule has 1 saturated heterocycles. The molecule has 3 heterocycles. The minimum absolute atomic E-state index is 0.0206. The molecular weight excluding hydrogens is 372 g/mol. The Morgan fingerprint density at radius 2 is 1.82 bits per heavy atom. The van der Waals surface area contributed by atoms with E-state index in [1.54, 1.807) is 4.52 Å². The molecule has 0 unspecified atom stereocenters. The molecule has 4 rings (SSSR count). The van der Waals surface area contributed by atoms with Crippen LogP contribution in [0.5, 0.6) is 5.88 Å². The Morgan fingerprint density at radius 1 is 1.18 bits per heavy atom. The SMILES string of the molecule is CCc1nc2sc([C@H](c3ccc(C(C)C)cc3)[NH+]3CCC(O)CC3)c(O)n2n1. The van der Waals surface area contributed by atoms with Crippen LogP contribution in [0.3, 0.4) is 0 Å². The average molecular weight is 402 g/mol. The van der Waals surface area contributed by atoms with Crippen LogP contribution in [-0.4, -0.2) is 44.0 Å². The van der Waals surface area contributed by atoms with Crippen molar-refractivity contribution in [1.29, 1.82) is 0 Å². The molecule has 28 heavy (non-hydrogen) atoms. The minimum atomic E-state index is -0.212. The van der Waals surface area contributed by atoms with Gasteiger partial charge in [0, 0.05) is 24.8 Å². The first kappa shape index (κ1) is 19.4. The summed E-state index contributed by atoms with van der Waals surface area (Å²) in [6.45, 7) is 8.16. The summed E-state index contributed by atoms with van der Waals surface area (Å²) < 4.78 is 1.58. The Hall–Kier alpha value is -1.96. The maximum absolute atomic E-state index is 11.0. The highest BCUT2D eigenvalue weighted by Crippen LogP contribution is 2.35. The second-order valence-corrected chi connectivity index (χ2v) is 9.02. The summed E-state index contributed by atoms with van der Waals surface area (Å²) in [5.74, 6) is 1.43. The topological polar surface area (TPSA) is 75.1 Å². The average Bonchev–Trinajstić information content (AvgIpc) is 3.23. The van der Waals surface area contributed by atoms with Gasteiger partial charge in [-0.3, -0.25) is 0 Å². The lowest BCUT2D eigenvalue weighted by Gasteiger charge is -2.33. The molecule has 1 fully saturated rings. The van der Waals surface area contributed by atoms with Crippen molar-refractivity contribution in [2.24, 2.45) is 0 Å². The third-order valence-electron chi connectivity index (χ3n) is 5.76. The van der Waals surface area contributed by atoms with Gasteiger partial charge in [-0.25, -0.2) is 4.98 Å². The van der Waals surface area contributed by atoms with Crippen LogP contribution in [0.15, 0.2) is 24.3 Å². The van der Waals surface area contributed by atoms with Crippen molar-refractivity contribution in [2.45, 2.75) is 58.1 Å². The van der Waals surface area contributed by atoms with Crippen molar-refractivity contribution >= 4 is 16.3 Å². The molecule has 1 atom stereocenters. The predicted octanol–water partition coefficient (Wildman–Crippen LogP) is 2.31. The normalized spacial score (nSPS) is 21.5. The van der Waals surface area contributed by atoms with Gasteiger partial charge < -0.3 is 15.1 Å². The fourth-order valence-corrected chi connectivity index (χ4v) is 5.20. The number of nitrogens with zero attached hydrogens (tertiary/aromatic N) is 3. The molecule has 1 aliphatic heterocycles. The number of fused-ring (bicyclic) bond motifs is 1. The molecule has 2 aromatic heterocycles. The van der Waals surface area contributed by atoms with E-state index in [9.17, 15) is 10.2 Å². The van der Waals surface area contributed by atoms with Crippen molar-refractivity contribution in [2.75, 3.05) is 13.1 Å². The van der Waals surface area contributed by atoms with Crippen LogP contribution in [0.1, 0.15) is 67.4 Å². The lowest BCUT2D eigenvalue weighted by Crippen LogP contribution is -3.13. The van der Waals surface area contributed by atoms with Gasteiger partial charge in [0.25, 0.3) is 0 Å². The Labute approximate surface area is 169 Å². The molecule has 7 heteroatoms. The molecule has 0 saturated carbocycles. The van der Waals surface area contributed by atoms with E-state index in [4.69, 9.17) is 0 Å². The number of aromatic nitrogens is 3. The van der Waals surface area contributed by atoms with Crippen LogP contribution in [0.25, 0.3) is 4.96 Å². The lowest BCUT2D eigenvalue weighted by molar-refractivity contribution is -0.931. The quantitative estimate of drug-likeness (QED) is 0.613. The Kier molecular flexibility index (Phi) is 5.40. The summed E-state index contributed by atoms with van der Waals surface area (Å²) in [5.41, 5.74) is 2.50. The Morgan fingerprint density at radius 3 is 2.39 bits per heavy atom. The van der Waals surface area contributed by atoms with E-state index in [1.807, 2.05) is 6.92 Å². The summed E-state index contributed by atoms with van der Waals surface area (Å²) in [4.78, 5) is 7.56. The van der Waals surface area contributed by atoms with Gasteiger partial charge in [-0.05, 0) is 11.5 Å². The van der Waals surface area contributed by atoms with Gasteiger partial charge in [0.15, 0.2) is 11.9 Å². The number of aliphatic hydroxyl groups excluding tert-OH is 1. The third kappa shape index (κ3) is 3.54. The lowest BCUT2D eigenvalue weighted by atomic mass is 9.96. The summed E-state index contributed by atoms with van der Waals surface area (Å²) in [5, 5.41) is 25.4. The standard InChI is InChI=1S/C21H28N4O2S/c1-4-17-22-21-25(23-17)20(27)19(28-21)18(24-11-9-16(26)10-12-24)15-7-5-14(6-8-15)13(2)3/h5-8,13,16,18,26-27H,4,9-12H2,1-3H3/p+1/t18-/m0/s1. The summed E-state index contributed by atoms with van der Waals surface area (Å²) in [6, 6.07) is 8.77. The number of hydrogen-bond donors (Lipinski definition) is 3. The number of nitrogens with one attached hydrogen (secondary N) is 1. The second-order valence-electron chi connectivity index (χ2n) is 8.01. The molecule has 6 nitrogen and oxygen atoms in total. The minimum Gasteiger partial charge on any atom is -0.492 e. The molecule has 150 valence electrons. The summed E-state index contributed by atoms with van der Waals surface area (Å²) in [7, 11) is 0. The van der Waals surface area contributed by atoms with Gasteiger partial charge in [-0.2, -0.15) is 4.52 Å². The number of thiazole rings is 1. The number of likely N-dealkylation sites (tertiary alicyclic amines) is 1. The van der Waals surface area contributed by atoms with Gasteiger partial charge in [-0.15, -0.1) is 5.10 Å². The third-order valence-corrected chi connectivity index (χ3v) is 6.85. The fraction of sp³-hybridized carbons (Fsp3) is 0.524. The van der Waals surface area contributed by atoms with E-state index < -0.39 is 0 Å². The number of hydrogen-bond acceptors (Lipinski definition) is 5. The van der Waals surface area contributed by atoms with Crippen LogP contribution >= 0.6 is 11.3 Å². The number of aliphatic hydroxyl groups is 1. The van der Waals surface area contributed by atoms with E-state index in [-0.39, 0.29) is 18.0 Å². The molecule has 3 N–H and O–H groups in total. The van der Waals surface area contributed by atoms with Gasteiger partial charge >= 0.3 is 0 Å². The Bertz CT molecular complexity index is 939. The van der Waals surface area contributed by atoms with Crippen LogP contribution in [0.2, 0.25) is 0 Å². The van der Waals surface area contributed by atoms with E-state index in [0.29, 0.717) is 5.92 Å². The number of benzene rings is 1. The van der Waals surface area contributed by atoms with Gasteiger partial charge in [0.2, 0.25) is 10.8 Å². The number of piperidine rings is 1. The monoisotopic (exact) mass is 401 g/mol. The van der Waals surface area contributed by atoms with Crippen LogP contribution in [0, 0.1) is 0 Å². The molecule has 1 aromatic carbocycles. The van der Waals surface area contributed by atoms with Crippen molar-refractivity contribution in [1.82, 2.24) is 14.6 Å². The van der Waals surface area contributed by atoms with Crippen molar-refractivity contribution in [3.63, 3.8) is 0 Å². The smallest absolute Gasteiger partial charge is 0.235 e. The predicted molar refractivity (Wildman–Crippen MR) is 110 cm³/mol. The number of aryl methyl sites for hydroxylation is 1. The van der Waals surface area contributed by atoms with Crippen LogP contribution in [-0.2, 0) is 6.42 Å². The van der Waals surface area contributed by atoms with Gasteiger partial charge in [0.05, 0.1) is 19.2 Å². The fourth-order valence-electron chi connectivity index (χ4n) is 4.04. The van der Waals surface area contributed by atoms with Crippen molar-refractivity contribution in [3.05, 3.63) is 46.1 Å². The first-order valence-corrected chi connectivity index (χ1v) is 11.0. The molecule has 1 aliphatic rings. The first-order valence-electron chi connectivity index (χ1n) is 10.2. The zero-order valence-corrected chi connectivity index (χ0v) is 17.5. The van der Waals surface area contributed by atoms with E-state index in [2.05, 4.69) is 48.2 Å². The zero-order chi connectivity index (χ0) is 19.8. The highest BCUT2D eigenvalue weighted by atomic mass is 32.1. The van der Waals surface area contributed by atoms with Gasteiger partial charge in [0.1, 0.15) is 4.88 Å². The summed E-state index contributed by atoms with van der Waals surface area (Å²) >= 11 is 1.52.